The number of carbonyl (C=O) groups is 1. The molecule has 0 atom stereocenters. The molecule has 1 aromatic rings. The van der Waals surface area contributed by atoms with Crippen LogP contribution in [0, 0.1) is 0 Å². The Balaban J connectivity index is 2.41. The molecule has 0 aliphatic heterocycles. The Morgan fingerprint density at radius 1 is 1.19 bits per heavy atom. The Hall–Kier alpha value is -1.77. The van der Waals surface area contributed by atoms with Gasteiger partial charge in [-0.15, -0.1) is 0 Å². The van der Waals surface area contributed by atoms with Crippen LogP contribution < -0.4 is 4.74 Å². The molecule has 0 saturated heterocycles. The molecule has 0 N–H and O–H groups in total. The van der Waals surface area contributed by atoms with Crippen LogP contribution in [-0.2, 0) is 9.53 Å². The fourth-order valence-electron chi connectivity index (χ4n) is 1.00. The highest BCUT2D eigenvalue weighted by Crippen LogP contribution is 2.09. The first kappa shape index (κ1) is 12.3. The standard InChI is InChI=1S/C13H16O3/c1-13(2,3)16-12(14)9-10-15-11-7-5-4-6-8-11/h4-10H,1-3H3/b10-9+. The van der Waals surface area contributed by atoms with Crippen LogP contribution in [-0.4, -0.2) is 11.6 Å². The monoisotopic (exact) mass is 220 g/mol. The Morgan fingerprint density at radius 3 is 2.38 bits per heavy atom. The lowest BCUT2D eigenvalue weighted by Gasteiger charge is -2.17. The van der Waals surface area contributed by atoms with E-state index in [9.17, 15) is 4.79 Å². The Bertz CT molecular complexity index is 361. The maximum Gasteiger partial charge on any atom is 0.334 e. The third-order valence-electron chi connectivity index (χ3n) is 1.56. The van der Waals surface area contributed by atoms with E-state index in [1.165, 1.54) is 12.3 Å². The van der Waals surface area contributed by atoms with Gasteiger partial charge in [0, 0.05) is 0 Å². The SMILES string of the molecule is CC(C)(C)OC(=O)/C=C/Oc1ccccc1. The predicted octanol–water partition coefficient (Wildman–Crippen LogP) is 2.92. The van der Waals surface area contributed by atoms with Crippen LogP contribution in [0.3, 0.4) is 0 Å². The van der Waals surface area contributed by atoms with Gasteiger partial charge in [-0.1, -0.05) is 18.2 Å². The summed E-state index contributed by atoms with van der Waals surface area (Å²) < 4.78 is 10.3. The van der Waals surface area contributed by atoms with E-state index in [-0.39, 0.29) is 0 Å². The molecule has 0 aliphatic rings. The van der Waals surface area contributed by atoms with Gasteiger partial charge in [0.25, 0.3) is 0 Å². The van der Waals surface area contributed by atoms with Gasteiger partial charge in [0.2, 0.25) is 0 Å². The summed E-state index contributed by atoms with van der Waals surface area (Å²) in [4.78, 5) is 11.3. The number of hydrogen-bond donors (Lipinski definition) is 0. The summed E-state index contributed by atoms with van der Waals surface area (Å²) in [5.41, 5.74) is -0.478. The molecule has 0 aliphatic carbocycles. The van der Waals surface area contributed by atoms with Gasteiger partial charge < -0.3 is 9.47 Å². The summed E-state index contributed by atoms with van der Waals surface area (Å²) in [6.45, 7) is 5.45. The smallest absolute Gasteiger partial charge is 0.334 e. The Labute approximate surface area is 95.7 Å². The number of rotatable bonds is 3. The van der Waals surface area contributed by atoms with Crippen molar-refractivity contribution in [2.45, 2.75) is 26.4 Å². The van der Waals surface area contributed by atoms with Crippen molar-refractivity contribution in [2.75, 3.05) is 0 Å². The Kier molecular flexibility index (Phi) is 4.11. The summed E-state index contributed by atoms with van der Waals surface area (Å²) in [6.07, 6.45) is 2.58. The van der Waals surface area contributed by atoms with Crippen LogP contribution in [0.15, 0.2) is 42.7 Å². The predicted molar refractivity (Wildman–Crippen MR) is 62.1 cm³/mol. The highest BCUT2D eigenvalue weighted by molar-refractivity contribution is 5.82. The molecule has 86 valence electrons. The Morgan fingerprint density at radius 2 is 1.81 bits per heavy atom. The highest BCUT2D eigenvalue weighted by Gasteiger charge is 2.13. The molecule has 0 saturated carbocycles. The van der Waals surface area contributed by atoms with Gasteiger partial charge >= 0.3 is 5.97 Å². The molecular formula is C13H16O3. The molecule has 1 rings (SSSR count). The normalized spacial score (nSPS) is 11.4. The summed E-state index contributed by atoms with van der Waals surface area (Å²) in [6, 6.07) is 9.22. The van der Waals surface area contributed by atoms with Gasteiger partial charge in [-0.05, 0) is 32.9 Å². The molecule has 0 fully saturated rings. The number of hydrogen-bond acceptors (Lipinski definition) is 3. The number of esters is 1. The summed E-state index contributed by atoms with van der Waals surface area (Å²) in [5, 5.41) is 0. The second-order valence-electron chi connectivity index (χ2n) is 4.27. The van der Waals surface area contributed by atoms with Crippen molar-refractivity contribution in [2.24, 2.45) is 0 Å². The van der Waals surface area contributed by atoms with E-state index in [1.807, 2.05) is 39.0 Å². The number of ether oxygens (including phenoxy) is 2. The second-order valence-corrected chi connectivity index (χ2v) is 4.27. The molecule has 0 heterocycles. The van der Waals surface area contributed by atoms with Gasteiger partial charge in [0.05, 0.1) is 12.3 Å². The largest absolute Gasteiger partial charge is 0.465 e. The lowest BCUT2D eigenvalue weighted by molar-refractivity contribution is -0.148. The zero-order valence-electron chi connectivity index (χ0n) is 9.77. The average Bonchev–Trinajstić information content (AvgIpc) is 2.16. The number of para-hydroxylation sites is 1. The van der Waals surface area contributed by atoms with Crippen LogP contribution in [0.25, 0.3) is 0 Å². The first-order chi connectivity index (χ1) is 7.47. The average molecular weight is 220 g/mol. The third kappa shape index (κ3) is 5.20. The van der Waals surface area contributed by atoms with Crippen molar-refractivity contribution < 1.29 is 14.3 Å². The fraction of sp³-hybridized carbons (Fsp3) is 0.308. The highest BCUT2D eigenvalue weighted by atomic mass is 16.6. The molecule has 0 aromatic heterocycles. The molecule has 0 spiro atoms. The van der Waals surface area contributed by atoms with Gasteiger partial charge in [-0.25, -0.2) is 4.79 Å². The molecule has 3 heteroatoms. The van der Waals surface area contributed by atoms with Crippen molar-refractivity contribution in [3.63, 3.8) is 0 Å². The summed E-state index contributed by atoms with van der Waals surface area (Å²) >= 11 is 0. The summed E-state index contributed by atoms with van der Waals surface area (Å²) in [7, 11) is 0. The molecule has 16 heavy (non-hydrogen) atoms. The minimum absolute atomic E-state index is 0.413. The topological polar surface area (TPSA) is 35.5 Å². The molecule has 0 unspecified atom stereocenters. The summed E-state index contributed by atoms with van der Waals surface area (Å²) in [5.74, 6) is 0.269. The minimum Gasteiger partial charge on any atom is -0.465 e. The maximum atomic E-state index is 11.3. The third-order valence-corrected chi connectivity index (χ3v) is 1.56. The van der Waals surface area contributed by atoms with E-state index in [1.54, 1.807) is 12.1 Å². The van der Waals surface area contributed by atoms with Crippen LogP contribution in [0.2, 0.25) is 0 Å². The molecule has 3 nitrogen and oxygen atoms in total. The number of carbonyl (C=O) groups excluding carboxylic acids is 1. The maximum absolute atomic E-state index is 11.3. The van der Waals surface area contributed by atoms with E-state index in [0.29, 0.717) is 5.75 Å². The van der Waals surface area contributed by atoms with Gasteiger partial charge in [-0.3, -0.25) is 0 Å². The molecule has 0 amide bonds. The van der Waals surface area contributed by atoms with Crippen LogP contribution >= 0.6 is 0 Å². The van der Waals surface area contributed by atoms with Crippen LogP contribution in [0.1, 0.15) is 20.8 Å². The van der Waals surface area contributed by atoms with Crippen LogP contribution in [0.4, 0.5) is 0 Å². The first-order valence-corrected chi connectivity index (χ1v) is 5.08. The van der Waals surface area contributed by atoms with Crippen molar-refractivity contribution in [1.29, 1.82) is 0 Å². The van der Waals surface area contributed by atoms with Crippen LogP contribution in [0.5, 0.6) is 5.75 Å². The zero-order chi connectivity index (χ0) is 12.0. The van der Waals surface area contributed by atoms with Gasteiger partial charge in [-0.2, -0.15) is 0 Å². The van der Waals surface area contributed by atoms with Crippen molar-refractivity contribution >= 4 is 5.97 Å². The van der Waals surface area contributed by atoms with Crippen molar-refractivity contribution in [3.8, 4) is 5.75 Å². The first-order valence-electron chi connectivity index (χ1n) is 5.08. The molecule has 1 aromatic carbocycles. The molecule has 0 bridgehead atoms. The fourth-order valence-corrected chi connectivity index (χ4v) is 1.00. The molecule has 0 radical (unpaired) electrons. The lowest BCUT2D eigenvalue weighted by Crippen LogP contribution is -2.22. The van der Waals surface area contributed by atoms with E-state index in [4.69, 9.17) is 9.47 Å². The quantitative estimate of drug-likeness (QED) is 0.446. The number of benzene rings is 1. The second kappa shape index (κ2) is 5.35. The lowest BCUT2D eigenvalue weighted by atomic mass is 10.2. The van der Waals surface area contributed by atoms with Gasteiger partial charge in [0.15, 0.2) is 0 Å². The molecular weight excluding hydrogens is 204 g/mol. The zero-order valence-corrected chi connectivity index (χ0v) is 9.77. The van der Waals surface area contributed by atoms with Crippen molar-refractivity contribution in [1.82, 2.24) is 0 Å². The van der Waals surface area contributed by atoms with E-state index >= 15 is 0 Å². The van der Waals surface area contributed by atoms with Crippen molar-refractivity contribution in [3.05, 3.63) is 42.7 Å². The minimum atomic E-state index is -0.478. The van der Waals surface area contributed by atoms with E-state index in [2.05, 4.69) is 0 Å². The van der Waals surface area contributed by atoms with Gasteiger partial charge in [0.1, 0.15) is 11.4 Å². The van der Waals surface area contributed by atoms with E-state index < -0.39 is 11.6 Å². The van der Waals surface area contributed by atoms with E-state index in [0.717, 1.165) is 0 Å².